The number of nitrogens with two attached hydrogens (primary N) is 1. The van der Waals surface area contributed by atoms with Crippen molar-refractivity contribution in [2.45, 2.75) is 19.3 Å². The van der Waals surface area contributed by atoms with Crippen molar-refractivity contribution in [2.24, 2.45) is 5.73 Å². The van der Waals surface area contributed by atoms with Crippen molar-refractivity contribution < 1.29 is 4.74 Å². The summed E-state index contributed by atoms with van der Waals surface area (Å²) in [5.41, 5.74) is 6.75. The number of nitrogens with one attached hydrogen (secondary N) is 1. The van der Waals surface area contributed by atoms with Gasteiger partial charge < -0.3 is 15.8 Å². The first-order valence-electron chi connectivity index (χ1n) is 5.05. The lowest BCUT2D eigenvalue weighted by molar-refractivity contribution is 0.307. The molecule has 0 atom stereocenters. The van der Waals surface area contributed by atoms with E-state index in [2.05, 4.69) is 29.4 Å². The number of rotatable bonds is 3. The number of hydrogen-bond acceptors (Lipinski definition) is 2. The Balaban J connectivity index is 2.28. The Bertz CT molecular complexity index is 368. The molecule has 0 saturated heterocycles. The third-order valence-electron chi connectivity index (χ3n) is 2.11. The zero-order valence-electron chi connectivity index (χ0n) is 9.07. The minimum absolute atomic E-state index is 0.200. The highest BCUT2D eigenvalue weighted by atomic mass is 32.1. The van der Waals surface area contributed by atoms with Crippen LogP contribution in [0.5, 0.6) is 0 Å². The first kappa shape index (κ1) is 13.2. The van der Waals surface area contributed by atoms with Gasteiger partial charge in [-0.15, -0.1) is 10.9 Å². The van der Waals surface area contributed by atoms with E-state index in [0.717, 1.165) is 19.3 Å². The summed E-state index contributed by atoms with van der Waals surface area (Å²) in [4.78, 5) is 0. The van der Waals surface area contributed by atoms with E-state index in [0.29, 0.717) is 11.8 Å². The molecule has 0 aromatic rings. The fourth-order valence-corrected chi connectivity index (χ4v) is 1.86. The van der Waals surface area contributed by atoms with Crippen molar-refractivity contribution in [3.05, 3.63) is 23.8 Å². The summed E-state index contributed by atoms with van der Waals surface area (Å²) in [5.74, 6) is 3.66. The Morgan fingerprint density at radius 1 is 1.69 bits per heavy atom. The predicted octanol–water partition coefficient (Wildman–Crippen LogP) is 1.76. The Morgan fingerprint density at radius 2 is 2.50 bits per heavy atom. The summed E-state index contributed by atoms with van der Waals surface area (Å²) < 4.78 is 5.48. The average Bonchev–Trinajstić information content (AvgIpc) is 2.28. The van der Waals surface area contributed by atoms with Gasteiger partial charge >= 0.3 is 0 Å². The van der Waals surface area contributed by atoms with E-state index in [9.17, 15) is 0 Å². The summed E-state index contributed by atoms with van der Waals surface area (Å²) in [6.07, 6.45) is 9.57. The van der Waals surface area contributed by atoms with Crippen LogP contribution in [-0.4, -0.2) is 22.8 Å². The highest BCUT2D eigenvalue weighted by Gasteiger charge is 2.02. The topological polar surface area (TPSA) is 47.3 Å². The second kappa shape index (κ2) is 7.38. The molecule has 0 heterocycles. The van der Waals surface area contributed by atoms with Gasteiger partial charge in [-0.25, -0.2) is 0 Å². The Hall–Kier alpha value is -0.910. The molecule has 0 fully saturated rings. The molecule has 0 amide bonds. The molecule has 1 rings (SSSR count). The number of allylic oxidation sites excluding steroid dienone is 3. The first-order chi connectivity index (χ1) is 7.72. The molecule has 0 radical (unpaired) electrons. The van der Waals surface area contributed by atoms with Crippen LogP contribution < -0.4 is 11.1 Å². The summed E-state index contributed by atoms with van der Waals surface area (Å²) in [6.45, 7) is 0.618. The molecule has 0 spiro atoms. The summed E-state index contributed by atoms with van der Waals surface area (Å²) in [6, 6.07) is 0. The highest BCUT2D eigenvalue weighted by Crippen LogP contribution is 2.14. The van der Waals surface area contributed by atoms with Crippen molar-refractivity contribution in [1.29, 1.82) is 0 Å². The molecule has 16 heavy (non-hydrogen) atoms. The average molecular weight is 256 g/mol. The zero-order chi connectivity index (χ0) is 11.8. The molecule has 0 bridgehead atoms. The molecule has 0 aliphatic heterocycles. The minimum atomic E-state index is 0.200. The summed E-state index contributed by atoms with van der Waals surface area (Å²) in [7, 11) is 1.22. The molecule has 88 valence electrons. The van der Waals surface area contributed by atoms with E-state index in [1.807, 2.05) is 0 Å². The van der Waals surface area contributed by atoms with Gasteiger partial charge in [-0.2, -0.15) is 0 Å². The molecule has 0 unspecified atom stereocenters. The molecule has 1 aliphatic carbocycles. The van der Waals surface area contributed by atoms with Crippen LogP contribution in [0.4, 0.5) is 0 Å². The monoisotopic (exact) mass is 256 g/mol. The van der Waals surface area contributed by atoms with E-state index < -0.39 is 0 Å². The maximum absolute atomic E-state index is 5.48. The maximum atomic E-state index is 5.48. The van der Waals surface area contributed by atoms with Crippen molar-refractivity contribution in [3.8, 4) is 0 Å². The molecular weight excluding hydrogens is 240 g/mol. The van der Waals surface area contributed by atoms with Crippen LogP contribution in [0.25, 0.3) is 0 Å². The second-order valence-corrected chi connectivity index (χ2v) is 4.41. The summed E-state index contributed by atoms with van der Waals surface area (Å²) >= 11 is 4.72. The van der Waals surface area contributed by atoms with Gasteiger partial charge in [-0.1, -0.05) is 23.8 Å². The fourth-order valence-electron chi connectivity index (χ4n) is 1.35. The van der Waals surface area contributed by atoms with Crippen molar-refractivity contribution >= 4 is 39.3 Å². The van der Waals surface area contributed by atoms with Crippen LogP contribution in [0.2, 0.25) is 0 Å². The third kappa shape index (κ3) is 5.25. The number of ether oxygens (including phenoxy) is 1. The Kier molecular flexibility index (Phi) is 6.07. The molecule has 0 aromatic carbocycles. The largest absolute Gasteiger partial charge is 0.376 e. The lowest BCUT2D eigenvalue weighted by atomic mass is 10.0. The van der Waals surface area contributed by atoms with Gasteiger partial charge in [0.25, 0.3) is 0 Å². The summed E-state index contributed by atoms with van der Waals surface area (Å²) in [5, 5.41) is 3.49. The number of thiocarbonyl (C=S) groups is 1. The third-order valence-corrected chi connectivity index (χ3v) is 2.70. The lowest BCUT2D eigenvalue weighted by Crippen LogP contribution is -2.35. The fraction of sp³-hybridized carbons (Fsp3) is 0.364. The van der Waals surface area contributed by atoms with Crippen molar-refractivity contribution in [2.75, 3.05) is 6.61 Å². The van der Waals surface area contributed by atoms with E-state index in [4.69, 9.17) is 22.7 Å². The predicted molar refractivity (Wildman–Crippen MR) is 76.7 cm³/mol. The van der Waals surface area contributed by atoms with Gasteiger partial charge in [0.1, 0.15) is 0 Å². The maximum Gasteiger partial charge on any atom is 0.204 e. The molecular formula is C11H16N2OS2. The zero-order valence-corrected chi connectivity index (χ0v) is 10.7. The van der Waals surface area contributed by atoms with Crippen LogP contribution in [0, 0.1) is 0 Å². The Labute approximate surface area is 105 Å². The van der Waals surface area contributed by atoms with Gasteiger partial charge in [0.2, 0.25) is 5.17 Å². The van der Waals surface area contributed by atoms with Crippen LogP contribution in [-0.2, 0) is 4.74 Å². The molecule has 5 heteroatoms. The molecule has 3 N–H and O–H groups in total. The molecule has 1 aliphatic rings. The second-order valence-electron chi connectivity index (χ2n) is 3.31. The van der Waals surface area contributed by atoms with Gasteiger partial charge in [-0.3, -0.25) is 0 Å². The van der Waals surface area contributed by atoms with Crippen LogP contribution >= 0.6 is 23.2 Å². The van der Waals surface area contributed by atoms with Gasteiger partial charge in [-0.05, 0) is 37.4 Å². The van der Waals surface area contributed by atoms with Gasteiger partial charge in [0, 0.05) is 0 Å². The Morgan fingerprint density at radius 3 is 3.06 bits per heavy atom. The first-order valence-corrected chi connectivity index (χ1v) is 6.44. The van der Waals surface area contributed by atoms with Crippen LogP contribution in [0.1, 0.15) is 19.3 Å². The van der Waals surface area contributed by atoms with Crippen LogP contribution in [0.15, 0.2) is 23.8 Å². The molecule has 0 aromatic heterocycles. The smallest absolute Gasteiger partial charge is 0.204 e. The molecule has 3 nitrogen and oxygen atoms in total. The van der Waals surface area contributed by atoms with Crippen molar-refractivity contribution in [3.63, 3.8) is 0 Å². The molecule has 0 saturated carbocycles. The SMILES string of the molecule is C=S=C(NC(N)=S)OCCC1=CC=CCC1. The quantitative estimate of drug-likeness (QED) is 0.755. The van der Waals surface area contributed by atoms with Gasteiger partial charge in [0.15, 0.2) is 5.11 Å². The van der Waals surface area contributed by atoms with Crippen LogP contribution in [0.3, 0.4) is 0 Å². The lowest BCUT2D eigenvalue weighted by Gasteiger charge is -2.10. The highest BCUT2D eigenvalue weighted by molar-refractivity contribution is 7.95. The van der Waals surface area contributed by atoms with Crippen molar-refractivity contribution in [1.82, 2.24) is 5.32 Å². The number of hydrogen-bond donors (Lipinski definition) is 2. The van der Waals surface area contributed by atoms with E-state index in [-0.39, 0.29) is 5.11 Å². The standard InChI is InChI=1S/C11H16N2OS2/c1-16-11(13-10(12)15)14-8-7-9-5-3-2-4-6-9/h2-3,5H,1,4,6-8H2,(H3,12,13,15). The minimum Gasteiger partial charge on any atom is -0.376 e. The van der Waals surface area contributed by atoms with Gasteiger partial charge in [0.05, 0.1) is 6.61 Å². The van der Waals surface area contributed by atoms with E-state index >= 15 is 0 Å². The normalized spacial score (nSPS) is 14.1. The van der Waals surface area contributed by atoms with E-state index in [1.165, 1.54) is 16.5 Å². The van der Waals surface area contributed by atoms with E-state index in [1.54, 1.807) is 0 Å².